The van der Waals surface area contributed by atoms with Crippen molar-refractivity contribution in [1.29, 1.82) is 0 Å². The van der Waals surface area contributed by atoms with Crippen LogP contribution in [0.3, 0.4) is 0 Å². The van der Waals surface area contributed by atoms with Gasteiger partial charge in [0.15, 0.2) is 5.15 Å². The van der Waals surface area contributed by atoms with E-state index in [2.05, 4.69) is 10.3 Å². The number of halogens is 2. The van der Waals surface area contributed by atoms with Crippen LogP contribution in [0, 0.1) is 10.1 Å². The van der Waals surface area contributed by atoms with Gasteiger partial charge in [0.25, 0.3) is 5.69 Å². The summed E-state index contributed by atoms with van der Waals surface area (Å²) in [5, 5.41) is 19.3. The van der Waals surface area contributed by atoms with E-state index in [1.54, 1.807) is 18.2 Å². The topological polar surface area (TPSA) is 73.8 Å². The van der Waals surface area contributed by atoms with E-state index in [4.69, 9.17) is 23.2 Å². The van der Waals surface area contributed by atoms with Gasteiger partial charge >= 0.3 is 0 Å². The second kappa shape index (κ2) is 5.75. The number of hydrogen-bond acceptors (Lipinski definition) is 4. The second-order valence-electron chi connectivity index (χ2n) is 4.37. The smallest absolute Gasteiger partial charge is 0.258 e. The highest BCUT2D eigenvalue weighted by Gasteiger charge is 2.26. The third-order valence-corrected chi connectivity index (χ3v) is 3.62. The van der Waals surface area contributed by atoms with Crippen LogP contribution in [0.1, 0.15) is 0 Å². The summed E-state index contributed by atoms with van der Waals surface area (Å²) < 4.78 is 1.43. The summed E-state index contributed by atoms with van der Waals surface area (Å²) in [6.45, 7) is 0. The van der Waals surface area contributed by atoms with Crippen molar-refractivity contribution in [2.75, 3.05) is 0 Å². The Kier molecular flexibility index (Phi) is 3.79. The highest BCUT2D eigenvalue weighted by Crippen LogP contribution is 2.39. The van der Waals surface area contributed by atoms with Crippen LogP contribution in [0.2, 0.25) is 10.2 Å². The van der Waals surface area contributed by atoms with Gasteiger partial charge in [-0.05, 0) is 18.2 Å². The van der Waals surface area contributed by atoms with Crippen molar-refractivity contribution in [1.82, 2.24) is 15.0 Å². The molecule has 0 radical (unpaired) electrons. The lowest BCUT2D eigenvalue weighted by Crippen LogP contribution is -2.01. The second-order valence-corrected chi connectivity index (χ2v) is 5.13. The molecule has 0 N–H and O–H groups in total. The minimum atomic E-state index is -0.514. The SMILES string of the molecule is O=[N+]([O-])c1cccc(Cl)c1-c1c(Cl)nnn1-c1ccccc1. The predicted molar refractivity (Wildman–Crippen MR) is 83.5 cm³/mol. The quantitative estimate of drug-likeness (QED) is 0.532. The molecule has 110 valence electrons. The molecule has 0 saturated carbocycles. The van der Waals surface area contributed by atoms with Crippen LogP contribution >= 0.6 is 23.2 Å². The van der Waals surface area contributed by atoms with Crippen LogP contribution < -0.4 is 0 Å². The van der Waals surface area contributed by atoms with Crippen molar-refractivity contribution in [2.24, 2.45) is 0 Å². The lowest BCUT2D eigenvalue weighted by atomic mass is 10.1. The summed E-state index contributed by atoms with van der Waals surface area (Å²) in [5.41, 5.74) is 0.984. The molecule has 0 aliphatic carbocycles. The molecule has 2 aromatic carbocycles. The van der Waals surface area contributed by atoms with Gasteiger partial charge in [-0.25, -0.2) is 4.68 Å². The van der Waals surface area contributed by atoms with Crippen molar-refractivity contribution in [3.05, 3.63) is 68.8 Å². The van der Waals surface area contributed by atoms with Gasteiger partial charge in [-0.15, -0.1) is 5.10 Å². The molecule has 0 amide bonds. The largest absolute Gasteiger partial charge is 0.280 e. The number of nitro benzene ring substituents is 1. The normalized spacial score (nSPS) is 10.6. The van der Waals surface area contributed by atoms with Crippen molar-refractivity contribution in [3.8, 4) is 16.9 Å². The molecular weight excluding hydrogens is 327 g/mol. The Morgan fingerprint density at radius 1 is 1.05 bits per heavy atom. The molecule has 0 aliphatic rings. The van der Waals surface area contributed by atoms with E-state index in [0.29, 0.717) is 5.69 Å². The molecule has 0 atom stereocenters. The molecule has 0 fully saturated rings. The van der Waals surface area contributed by atoms with Crippen molar-refractivity contribution in [3.63, 3.8) is 0 Å². The first kappa shape index (κ1) is 14.5. The van der Waals surface area contributed by atoms with Crippen molar-refractivity contribution < 1.29 is 4.92 Å². The maximum Gasteiger partial charge on any atom is 0.280 e. The molecule has 3 rings (SSSR count). The van der Waals surface area contributed by atoms with Crippen LogP contribution in [0.15, 0.2) is 48.5 Å². The first-order chi connectivity index (χ1) is 10.6. The highest BCUT2D eigenvalue weighted by molar-refractivity contribution is 6.36. The zero-order valence-electron chi connectivity index (χ0n) is 11.0. The van der Waals surface area contributed by atoms with E-state index in [1.165, 1.54) is 16.8 Å². The molecule has 0 saturated heterocycles. The minimum absolute atomic E-state index is 0.0417. The summed E-state index contributed by atoms with van der Waals surface area (Å²) in [6.07, 6.45) is 0. The molecule has 1 heterocycles. The Morgan fingerprint density at radius 3 is 2.45 bits per heavy atom. The summed E-state index contributed by atoms with van der Waals surface area (Å²) in [6, 6.07) is 13.5. The number of nitrogens with zero attached hydrogens (tertiary/aromatic N) is 4. The molecule has 0 aliphatic heterocycles. The van der Waals surface area contributed by atoms with E-state index < -0.39 is 4.92 Å². The zero-order valence-corrected chi connectivity index (χ0v) is 12.5. The van der Waals surface area contributed by atoms with Crippen LogP contribution in [0.25, 0.3) is 16.9 Å². The summed E-state index contributed by atoms with van der Waals surface area (Å²) in [7, 11) is 0. The third kappa shape index (κ3) is 2.43. The maximum atomic E-state index is 11.3. The monoisotopic (exact) mass is 334 g/mol. The Labute approximate surface area is 135 Å². The Hall–Kier alpha value is -2.44. The molecule has 0 spiro atoms. The Morgan fingerprint density at radius 2 is 1.77 bits per heavy atom. The van der Waals surface area contributed by atoms with Gasteiger partial charge in [0.1, 0.15) is 5.69 Å². The summed E-state index contributed by atoms with van der Waals surface area (Å²) in [5.74, 6) is 0. The van der Waals surface area contributed by atoms with Crippen LogP contribution in [0.5, 0.6) is 0 Å². The van der Waals surface area contributed by atoms with E-state index in [1.807, 2.05) is 18.2 Å². The number of aromatic nitrogens is 3. The van der Waals surface area contributed by atoms with Crippen molar-refractivity contribution >= 4 is 28.9 Å². The first-order valence-corrected chi connectivity index (χ1v) is 6.95. The van der Waals surface area contributed by atoms with E-state index in [9.17, 15) is 10.1 Å². The summed E-state index contributed by atoms with van der Waals surface area (Å²) >= 11 is 12.3. The number of para-hydroxylation sites is 1. The fraction of sp³-hybridized carbons (Fsp3) is 0. The van der Waals surface area contributed by atoms with Gasteiger partial charge in [-0.3, -0.25) is 10.1 Å². The van der Waals surface area contributed by atoms with Crippen molar-refractivity contribution in [2.45, 2.75) is 0 Å². The van der Waals surface area contributed by atoms with Gasteiger partial charge in [-0.2, -0.15) is 0 Å². The average Bonchev–Trinajstić information content (AvgIpc) is 2.89. The number of hydrogen-bond donors (Lipinski definition) is 0. The van der Waals surface area contributed by atoms with Crippen LogP contribution in [0.4, 0.5) is 5.69 Å². The molecule has 22 heavy (non-hydrogen) atoms. The average molecular weight is 335 g/mol. The molecular formula is C14H8Cl2N4O2. The highest BCUT2D eigenvalue weighted by atomic mass is 35.5. The predicted octanol–water partition coefficient (Wildman–Crippen LogP) is 4.15. The zero-order chi connectivity index (χ0) is 15.7. The fourth-order valence-corrected chi connectivity index (χ4v) is 2.59. The summed E-state index contributed by atoms with van der Waals surface area (Å²) in [4.78, 5) is 10.8. The lowest BCUT2D eigenvalue weighted by Gasteiger charge is -2.08. The minimum Gasteiger partial charge on any atom is -0.258 e. The Bertz CT molecular complexity index is 849. The number of benzene rings is 2. The lowest BCUT2D eigenvalue weighted by molar-refractivity contribution is -0.384. The van der Waals surface area contributed by atoms with E-state index in [0.717, 1.165) is 0 Å². The molecule has 3 aromatic rings. The van der Waals surface area contributed by atoms with Gasteiger partial charge in [0.05, 0.1) is 21.2 Å². The molecule has 1 aromatic heterocycles. The van der Waals surface area contributed by atoms with E-state index in [-0.39, 0.29) is 27.1 Å². The standard InChI is InChI=1S/C14H8Cl2N4O2/c15-10-7-4-8-11(20(21)22)12(10)13-14(16)17-18-19(13)9-5-2-1-3-6-9/h1-8H. The third-order valence-electron chi connectivity index (χ3n) is 3.06. The molecule has 0 bridgehead atoms. The number of rotatable bonds is 3. The molecule has 8 heteroatoms. The van der Waals surface area contributed by atoms with Gasteiger partial charge < -0.3 is 0 Å². The van der Waals surface area contributed by atoms with Gasteiger partial charge in [-0.1, -0.05) is 52.7 Å². The fourth-order valence-electron chi connectivity index (χ4n) is 2.12. The van der Waals surface area contributed by atoms with Gasteiger partial charge in [0.2, 0.25) is 0 Å². The van der Waals surface area contributed by atoms with Crippen LogP contribution in [-0.4, -0.2) is 19.9 Å². The Balaban J connectivity index is 2.31. The van der Waals surface area contributed by atoms with Crippen LogP contribution in [-0.2, 0) is 0 Å². The maximum absolute atomic E-state index is 11.3. The van der Waals surface area contributed by atoms with Gasteiger partial charge in [0, 0.05) is 6.07 Å². The first-order valence-electron chi connectivity index (χ1n) is 6.19. The molecule has 6 nitrogen and oxygen atoms in total. The number of nitro groups is 1. The van der Waals surface area contributed by atoms with E-state index >= 15 is 0 Å². The molecule has 0 unspecified atom stereocenters.